The molecule has 0 radical (unpaired) electrons. The van der Waals surface area contributed by atoms with Gasteiger partial charge in [0.25, 0.3) is 0 Å². The summed E-state index contributed by atoms with van der Waals surface area (Å²) in [4.78, 5) is 29.5. The predicted octanol–water partition coefficient (Wildman–Crippen LogP) is 2.43. The van der Waals surface area contributed by atoms with E-state index in [9.17, 15) is 9.59 Å². The Morgan fingerprint density at radius 3 is 2.71 bits per heavy atom. The van der Waals surface area contributed by atoms with Gasteiger partial charge in [-0.2, -0.15) is 0 Å². The molecule has 2 amide bonds. The zero-order chi connectivity index (χ0) is 19.5. The molecule has 3 atom stereocenters. The van der Waals surface area contributed by atoms with Gasteiger partial charge in [0.05, 0.1) is 13.0 Å². The lowest BCUT2D eigenvalue weighted by Crippen LogP contribution is -2.51. The van der Waals surface area contributed by atoms with Crippen LogP contribution < -0.4 is 15.0 Å². The largest absolute Gasteiger partial charge is 0.497 e. The number of rotatable bonds is 5. The van der Waals surface area contributed by atoms with E-state index in [0.29, 0.717) is 18.5 Å². The number of benzene rings is 1. The Balaban J connectivity index is 1.32. The van der Waals surface area contributed by atoms with E-state index >= 15 is 0 Å². The van der Waals surface area contributed by atoms with Crippen molar-refractivity contribution in [3.05, 3.63) is 24.3 Å². The minimum Gasteiger partial charge on any atom is -0.497 e. The van der Waals surface area contributed by atoms with Crippen LogP contribution in [0.15, 0.2) is 24.3 Å². The lowest BCUT2D eigenvalue weighted by Gasteiger charge is -2.44. The quantitative estimate of drug-likeness (QED) is 0.846. The van der Waals surface area contributed by atoms with Crippen molar-refractivity contribution in [3.63, 3.8) is 0 Å². The lowest BCUT2D eigenvalue weighted by atomic mass is 9.83. The van der Waals surface area contributed by atoms with Crippen LogP contribution in [0.2, 0.25) is 0 Å². The van der Waals surface area contributed by atoms with Gasteiger partial charge < -0.3 is 19.9 Å². The van der Waals surface area contributed by atoms with Crippen molar-refractivity contribution in [2.45, 2.75) is 44.6 Å². The second-order valence-corrected chi connectivity index (χ2v) is 8.35. The molecule has 0 bridgehead atoms. The van der Waals surface area contributed by atoms with Gasteiger partial charge in [-0.25, -0.2) is 0 Å². The predicted molar refractivity (Wildman–Crippen MR) is 108 cm³/mol. The van der Waals surface area contributed by atoms with Gasteiger partial charge in [0, 0.05) is 31.2 Å². The molecule has 3 heterocycles. The number of nitrogens with zero attached hydrogens (tertiary/aromatic N) is 2. The Hall–Kier alpha value is -2.08. The number of nitrogens with one attached hydrogen (secondary N) is 1. The highest BCUT2D eigenvalue weighted by Crippen LogP contribution is 2.31. The SMILES string of the molecule is COc1ccc(N2C[C@@H](C(=O)NC[C@@H]3CCCN4CCCC[C@H]34)CC2=O)cc1. The van der Waals surface area contributed by atoms with E-state index in [1.807, 2.05) is 24.3 Å². The van der Waals surface area contributed by atoms with Crippen LogP contribution in [0.5, 0.6) is 5.75 Å². The van der Waals surface area contributed by atoms with Gasteiger partial charge in [0.2, 0.25) is 11.8 Å². The average molecular weight is 386 g/mol. The Labute approximate surface area is 167 Å². The number of anilines is 1. The first kappa shape index (κ1) is 19.2. The molecular formula is C22H31N3O3. The maximum absolute atomic E-state index is 12.7. The highest BCUT2D eigenvalue weighted by Gasteiger charge is 2.37. The molecular weight excluding hydrogens is 354 g/mol. The fraction of sp³-hybridized carbons (Fsp3) is 0.636. The number of fused-ring (bicyclic) bond motifs is 1. The van der Waals surface area contributed by atoms with E-state index < -0.39 is 0 Å². The minimum atomic E-state index is -0.263. The molecule has 0 unspecified atom stereocenters. The summed E-state index contributed by atoms with van der Waals surface area (Å²) >= 11 is 0. The van der Waals surface area contributed by atoms with Crippen molar-refractivity contribution in [2.24, 2.45) is 11.8 Å². The number of methoxy groups -OCH3 is 1. The number of carbonyl (C=O) groups excluding carboxylic acids is 2. The normalized spacial score (nSPS) is 28.1. The van der Waals surface area contributed by atoms with Gasteiger partial charge in [0.1, 0.15) is 5.75 Å². The molecule has 1 aromatic carbocycles. The molecule has 0 spiro atoms. The molecule has 4 rings (SSSR count). The Morgan fingerprint density at radius 2 is 1.93 bits per heavy atom. The second kappa shape index (κ2) is 8.52. The first-order valence-electron chi connectivity index (χ1n) is 10.6. The van der Waals surface area contributed by atoms with Crippen LogP contribution in [0.25, 0.3) is 0 Å². The Bertz CT molecular complexity index is 703. The van der Waals surface area contributed by atoms with E-state index in [2.05, 4.69) is 10.2 Å². The maximum atomic E-state index is 12.7. The second-order valence-electron chi connectivity index (χ2n) is 8.35. The molecule has 3 saturated heterocycles. The number of hydrogen-bond acceptors (Lipinski definition) is 4. The number of carbonyl (C=O) groups is 2. The van der Waals surface area contributed by atoms with E-state index in [1.54, 1.807) is 12.0 Å². The van der Waals surface area contributed by atoms with Crippen LogP contribution >= 0.6 is 0 Å². The summed E-state index contributed by atoms with van der Waals surface area (Å²) in [6.07, 6.45) is 6.58. The molecule has 6 nitrogen and oxygen atoms in total. The van der Waals surface area contributed by atoms with E-state index in [1.165, 1.54) is 45.2 Å². The summed E-state index contributed by atoms with van der Waals surface area (Å²) in [5.41, 5.74) is 0.825. The van der Waals surface area contributed by atoms with Crippen LogP contribution in [0.1, 0.15) is 38.5 Å². The zero-order valence-electron chi connectivity index (χ0n) is 16.7. The molecule has 6 heteroatoms. The molecule has 1 aromatic rings. The molecule has 0 saturated carbocycles. The lowest BCUT2D eigenvalue weighted by molar-refractivity contribution is -0.126. The topological polar surface area (TPSA) is 61.9 Å². The third-order valence-corrected chi connectivity index (χ3v) is 6.65. The zero-order valence-corrected chi connectivity index (χ0v) is 16.7. The van der Waals surface area contributed by atoms with Crippen molar-refractivity contribution in [2.75, 3.05) is 38.2 Å². The van der Waals surface area contributed by atoms with Gasteiger partial charge in [-0.1, -0.05) is 6.42 Å². The van der Waals surface area contributed by atoms with Crippen LogP contribution in [-0.4, -0.2) is 56.0 Å². The highest BCUT2D eigenvalue weighted by atomic mass is 16.5. The van der Waals surface area contributed by atoms with Gasteiger partial charge >= 0.3 is 0 Å². The highest BCUT2D eigenvalue weighted by molar-refractivity contribution is 6.00. The average Bonchev–Trinajstić information content (AvgIpc) is 3.13. The van der Waals surface area contributed by atoms with Crippen LogP contribution in [0.4, 0.5) is 5.69 Å². The minimum absolute atomic E-state index is 0.0152. The molecule has 3 aliphatic rings. The monoisotopic (exact) mass is 385 g/mol. The number of ether oxygens (including phenoxy) is 1. The van der Waals surface area contributed by atoms with Crippen LogP contribution in [0.3, 0.4) is 0 Å². The van der Waals surface area contributed by atoms with E-state index in [0.717, 1.165) is 18.0 Å². The van der Waals surface area contributed by atoms with Gasteiger partial charge in [-0.3, -0.25) is 9.59 Å². The Morgan fingerprint density at radius 1 is 1.14 bits per heavy atom. The summed E-state index contributed by atoms with van der Waals surface area (Å²) in [6, 6.07) is 8.06. The third kappa shape index (κ3) is 4.02. The first-order chi connectivity index (χ1) is 13.7. The number of hydrogen-bond donors (Lipinski definition) is 1. The number of piperidine rings is 2. The smallest absolute Gasteiger partial charge is 0.227 e. The van der Waals surface area contributed by atoms with Crippen LogP contribution in [-0.2, 0) is 9.59 Å². The number of amides is 2. The summed E-state index contributed by atoms with van der Waals surface area (Å²) in [7, 11) is 1.62. The molecule has 0 aromatic heterocycles. The molecule has 1 N–H and O–H groups in total. The molecule has 0 aliphatic carbocycles. The van der Waals surface area contributed by atoms with Gasteiger partial charge in [0.15, 0.2) is 0 Å². The fourth-order valence-electron chi connectivity index (χ4n) is 5.09. The third-order valence-electron chi connectivity index (χ3n) is 6.65. The molecule has 3 aliphatic heterocycles. The van der Waals surface area contributed by atoms with Crippen LogP contribution in [0, 0.1) is 11.8 Å². The summed E-state index contributed by atoms with van der Waals surface area (Å²) < 4.78 is 5.17. The Kier molecular flexibility index (Phi) is 5.85. The standard InChI is InChI=1S/C22H31N3O3/c1-28-19-9-7-18(8-10-19)25-15-17(13-21(25)26)22(27)23-14-16-5-4-12-24-11-3-2-6-20(16)24/h7-10,16-17,20H,2-6,11-15H2,1H3,(H,23,27)/t16-,17-,20+/m0/s1. The van der Waals surface area contributed by atoms with Crippen molar-refractivity contribution in [3.8, 4) is 5.75 Å². The molecule has 3 fully saturated rings. The van der Waals surface area contributed by atoms with E-state index in [-0.39, 0.29) is 24.2 Å². The fourth-order valence-corrected chi connectivity index (χ4v) is 5.09. The summed E-state index contributed by atoms with van der Waals surface area (Å²) in [5, 5.41) is 3.17. The summed E-state index contributed by atoms with van der Waals surface area (Å²) in [5.74, 6) is 1.08. The first-order valence-corrected chi connectivity index (χ1v) is 10.6. The van der Waals surface area contributed by atoms with Crippen molar-refractivity contribution < 1.29 is 14.3 Å². The molecule has 152 valence electrons. The van der Waals surface area contributed by atoms with Crippen molar-refractivity contribution in [1.29, 1.82) is 0 Å². The maximum Gasteiger partial charge on any atom is 0.227 e. The van der Waals surface area contributed by atoms with Crippen molar-refractivity contribution in [1.82, 2.24) is 10.2 Å². The van der Waals surface area contributed by atoms with E-state index in [4.69, 9.17) is 4.74 Å². The molecule has 28 heavy (non-hydrogen) atoms. The van der Waals surface area contributed by atoms with Gasteiger partial charge in [-0.15, -0.1) is 0 Å². The van der Waals surface area contributed by atoms with Crippen molar-refractivity contribution >= 4 is 17.5 Å². The van der Waals surface area contributed by atoms with Gasteiger partial charge in [-0.05, 0) is 69.0 Å². The summed E-state index contributed by atoms with van der Waals surface area (Å²) in [6.45, 7) is 3.62.